The second-order valence-corrected chi connectivity index (χ2v) is 6.26. The summed E-state index contributed by atoms with van der Waals surface area (Å²) in [6.45, 7) is 2.77. The lowest BCUT2D eigenvalue weighted by Crippen LogP contribution is -2.23. The lowest BCUT2D eigenvalue weighted by molar-refractivity contribution is 0.143. The average Bonchev–Trinajstić information content (AvgIpc) is 3.02. The number of nitrogens with zero attached hydrogens (tertiary/aromatic N) is 2. The molecule has 26 heavy (non-hydrogen) atoms. The van der Waals surface area contributed by atoms with E-state index in [4.69, 9.17) is 9.47 Å². The summed E-state index contributed by atoms with van der Waals surface area (Å²) >= 11 is 0. The number of ether oxygens (including phenoxy) is 2. The van der Waals surface area contributed by atoms with Crippen molar-refractivity contribution in [2.75, 3.05) is 6.61 Å². The van der Waals surface area contributed by atoms with Crippen molar-refractivity contribution < 1.29 is 13.9 Å². The molecular weight excluding hydrogens is 335 g/mol. The fourth-order valence-corrected chi connectivity index (χ4v) is 2.91. The molecule has 0 bridgehead atoms. The Bertz CT molecular complexity index is 999. The Kier molecular flexibility index (Phi) is 4.16. The second-order valence-electron chi connectivity index (χ2n) is 6.26. The largest absolute Gasteiger partial charge is 0.490 e. The van der Waals surface area contributed by atoms with Crippen molar-refractivity contribution in [3.8, 4) is 22.9 Å². The number of aryl methyl sites for hydroxylation is 1. The van der Waals surface area contributed by atoms with Crippen LogP contribution in [-0.4, -0.2) is 22.3 Å². The number of fused-ring (bicyclic) bond motifs is 1. The molecule has 0 amide bonds. The third-order valence-corrected chi connectivity index (χ3v) is 4.25. The van der Waals surface area contributed by atoms with Crippen LogP contribution in [0.3, 0.4) is 0 Å². The van der Waals surface area contributed by atoms with Gasteiger partial charge in [0.1, 0.15) is 18.2 Å². The van der Waals surface area contributed by atoms with Gasteiger partial charge in [-0.05, 0) is 36.2 Å². The SMILES string of the molecule is Cc1ccc(-c2ccc(OCC3Cn4ccc(=O)nc4O3)cc2)c(F)c1. The summed E-state index contributed by atoms with van der Waals surface area (Å²) in [5, 5.41) is 0. The van der Waals surface area contributed by atoms with Crippen LogP contribution in [0.1, 0.15) is 5.56 Å². The van der Waals surface area contributed by atoms with E-state index in [0.717, 1.165) is 11.1 Å². The van der Waals surface area contributed by atoms with Gasteiger partial charge in [0.2, 0.25) is 0 Å². The molecule has 1 aliphatic heterocycles. The van der Waals surface area contributed by atoms with Gasteiger partial charge in [0.05, 0.1) is 6.54 Å². The van der Waals surface area contributed by atoms with E-state index in [9.17, 15) is 9.18 Å². The van der Waals surface area contributed by atoms with Gasteiger partial charge in [-0.2, -0.15) is 4.98 Å². The summed E-state index contributed by atoms with van der Waals surface area (Å²) in [5.41, 5.74) is 1.92. The molecule has 1 unspecified atom stereocenters. The number of hydrogen-bond donors (Lipinski definition) is 0. The summed E-state index contributed by atoms with van der Waals surface area (Å²) in [4.78, 5) is 15.1. The van der Waals surface area contributed by atoms with Gasteiger partial charge in [-0.15, -0.1) is 0 Å². The molecule has 1 aliphatic rings. The molecule has 132 valence electrons. The molecule has 2 heterocycles. The summed E-state index contributed by atoms with van der Waals surface area (Å²) in [5.74, 6) is 0.432. The predicted octanol–water partition coefficient (Wildman–Crippen LogP) is 3.20. The van der Waals surface area contributed by atoms with Crippen LogP contribution in [0.4, 0.5) is 4.39 Å². The molecular formula is C20H17FN2O3. The Morgan fingerprint density at radius 3 is 2.81 bits per heavy atom. The minimum atomic E-state index is -0.322. The Balaban J connectivity index is 1.40. The molecule has 0 saturated heterocycles. The molecule has 0 aliphatic carbocycles. The lowest BCUT2D eigenvalue weighted by Gasteiger charge is -2.12. The molecule has 6 heteroatoms. The van der Waals surface area contributed by atoms with Gasteiger partial charge in [0.15, 0.2) is 6.10 Å². The van der Waals surface area contributed by atoms with E-state index in [-0.39, 0.29) is 17.5 Å². The summed E-state index contributed by atoms with van der Waals surface area (Å²) in [6.07, 6.45) is 1.45. The van der Waals surface area contributed by atoms with E-state index in [1.54, 1.807) is 29.0 Å². The molecule has 1 aromatic heterocycles. The van der Waals surface area contributed by atoms with Gasteiger partial charge >= 0.3 is 0 Å². The highest BCUT2D eigenvalue weighted by Crippen LogP contribution is 2.26. The number of halogens is 1. The Hall–Kier alpha value is -3.15. The molecule has 0 saturated carbocycles. The van der Waals surface area contributed by atoms with Crippen LogP contribution in [0.5, 0.6) is 11.8 Å². The molecule has 0 N–H and O–H groups in total. The minimum absolute atomic E-state index is 0.210. The van der Waals surface area contributed by atoms with Gasteiger partial charge in [-0.25, -0.2) is 4.39 Å². The molecule has 5 nitrogen and oxygen atoms in total. The number of benzene rings is 2. The smallest absolute Gasteiger partial charge is 0.300 e. The fraction of sp³-hybridized carbons (Fsp3) is 0.200. The van der Waals surface area contributed by atoms with E-state index in [1.807, 2.05) is 25.1 Å². The molecule has 1 atom stereocenters. The maximum Gasteiger partial charge on any atom is 0.300 e. The topological polar surface area (TPSA) is 53.4 Å². The summed E-state index contributed by atoms with van der Waals surface area (Å²) < 4.78 is 27.2. The second kappa shape index (κ2) is 6.63. The van der Waals surface area contributed by atoms with Gasteiger partial charge in [-0.3, -0.25) is 9.36 Å². The monoisotopic (exact) mass is 352 g/mol. The van der Waals surface area contributed by atoms with Crippen molar-refractivity contribution in [3.05, 3.63) is 76.5 Å². The quantitative estimate of drug-likeness (QED) is 0.724. The van der Waals surface area contributed by atoms with E-state index in [1.165, 1.54) is 12.1 Å². The summed E-state index contributed by atoms with van der Waals surface area (Å²) in [7, 11) is 0. The van der Waals surface area contributed by atoms with E-state index in [0.29, 0.717) is 30.5 Å². The van der Waals surface area contributed by atoms with Gasteiger partial charge < -0.3 is 9.47 Å². The van der Waals surface area contributed by atoms with Crippen LogP contribution in [0.15, 0.2) is 59.5 Å². The molecule has 0 fully saturated rings. The lowest BCUT2D eigenvalue weighted by atomic mass is 10.0. The zero-order valence-corrected chi connectivity index (χ0v) is 14.2. The predicted molar refractivity (Wildman–Crippen MR) is 95.0 cm³/mol. The van der Waals surface area contributed by atoms with Gasteiger partial charge in [0.25, 0.3) is 11.6 Å². The number of hydrogen-bond acceptors (Lipinski definition) is 4. The Morgan fingerprint density at radius 1 is 1.23 bits per heavy atom. The fourth-order valence-electron chi connectivity index (χ4n) is 2.91. The van der Waals surface area contributed by atoms with Crippen molar-refractivity contribution in [3.63, 3.8) is 0 Å². The number of rotatable bonds is 4. The van der Waals surface area contributed by atoms with Gasteiger partial charge in [-0.1, -0.05) is 24.3 Å². The summed E-state index contributed by atoms with van der Waals surface area (Å²) in [6, 6.07) is 14.2. The molecule has 2 aromatic carbocycles. The first kappa shape index (κ1) is 16.3. The van der Waals surface area contributed by atoms with Crippen molar-refractivity contribution >= 4 is 0 Å². The van der Waals surface area contributed by atoms with E-state index < -0.39 is 0 Å². The first-order chi connectivity index (χ1) is 12.6. The third kappa shape index (κ3) is 3.31. The van der Waals surface area contributed by atoms with Crippen molar-refractivity contribution in [2.24, 2.45) is 0 Å². The highest BCUT2D eigenvalue weighted by Gasteiger charge is 2.23. The number of aromatic nitrogens is 2. The van der Waals surface area contributed by atoms with Crippen LogP contribution in [-0.2, 0) is 6.54 Å². The maximum absolute atomic E-state index is 14.1. The Morgan fingerprint density at radius 2 is 2.04 bits per heavy atom. The first-order valence-corrected chi connectivity index (χ1v) is 8.32. The molecule has 4 rings (SSSR count). The van der Waals surface area contributed by atoms with Crippen molar-refractivity contribution in [2.45, 2.75) is 19.6 Å². The van der Waals surface area contributed by atoms with E-state index in [2.05, 4.69) is 4.98 Å². The highest BCUT2D eigenvalue weighted by molar-refractivity contribution is 5.65. The van der Waals surface area contributed by atoms with Crippen molar-refractivity contribution in [1.29, 1.82) is 0 Å². The highest BCUT2D eigenvalue weighted by atomic mass is 19.1. The van der Waals surface area contributed by atoms with Crippen LogP contribution >= 0.6 is 0 Å². The Labute approximate surface area is 149 Å². The first-order valence-electron chi connectivity index (χ1n) is 8.32. The standard InChI is InChI=1S/C20H17FN2O3/c1-13-2-7-17(18(21)10-13)14-3-5-15(6-4-14)25-12-16-11-23-9-8-19(24)22-20(23)26-16/h2-10,16H,11-12H2,1H3. The molecule has 3 aromatic rings. The van der Waals surface area contributed by atoms with Crippen molar-refractivity contribution in [1.82, 2.24) is 9.55 Å². The van der Waals surface area contributed by atoms with Gasteiger partial charge in [0, 0.05) is 17.8 Å². The van der Waals surface area contributed by atoms with E-state index >= 15 is 0 Å². The van der Waals surface area contributed by atoms with Crippen LogP contribution in [0.25, 0.3) is 11.1 Å². The minimum Gasteiger partial charge on any atom is -0.490 e. The normalized spacial score (nSPS) is 15.4. The van der Waals surface area contributed by atoms with Crippen LogP contribution < -0.4 is 15.0 Å². The average molecular weight is 352 g/mol. The van der Waals surface area contributed by atoms with Crippen LogP contribution in [0, 0.1) is 12.7 Å². The van der Waals surface area contributed by atoms with Crippen LogP contribution in [0.2, 0.25) is 0 Å². The molecule has 0 radical (unpaired) electrons. The molecule has 0 spiro atoms. The third-order valence-electron chi connectivity index (χ3n) is 4.25. The maximum atomic E-state index is 14.1. The zero-order chi connectivity index (χ0) is 18.1. The zero-order valence-electron chi connectivity index (χ0n) is 14.2.